The highest BCUT2D eigenvalue weighted by Crippen LogP contribution is 2.32. The van der Waals surface area contributed by atoms with Crippen molar-refractivity contribution in [3.8, 4) is 17.7 Å². The summed E-state index contributed by atoms with van der Waals surface area (Å²) in [4.78, 5) is 33.8. The summed E-state index contributed by atoms with van der Waals surface area (Å²) in [7, 11) is 1.79. The van der Waals surface area contributed by atoms with Crippen LogP contribution in [0.2, 0.25) is 0 Å². The van der Waals surface area contributed by atoms with Gasteiger partial charge in [-0.2, -0.15) is 0 Å². The standard InChI is InChI=1S/C26H35N3O5/c1-17-14-29(18(2)16-30)25(32)21-12-19(8-11-26(33)9-4-5-10-26)13-27-23(21)34-22(17)15-28(3)24(31)20-6-7-20/h12-13,17-18,20,22,30,33H,4-7,9-10,14-16H2,1-3H3/t17-,18-,22+/m1/s1. The van der Waals surface area contributed by atoms with Gasteiger partial charge in [0, 0.05) is 37.2 Å². The van der Waals surface area contributed by atoms with Gasteiger partial charge in [-0.15, -0.1) is 0 Å². The molecular formula is C26H35N3O5. The Bertz CT molecular complexity index is 990. The highest BCUT2D eigenvalue weighted by atomic mass is 16.5. The number of aromatic nitrogens is 1. The molecule has 0 saturated heterocycles. The molecule has 8 nitrogen and oxygen atoms in total. The molecule has 0 aromatic carbocycles. The molecular weight excluding hydrogens is 434 g/mol. The number of hydrogen-bond donors (Lipinski definition) is 2. The second-order valence-electron chi connectivity index (χ2n) is 10.2. The molecule has 2 amide bonds. The third kappa shape index (κ3) is 5.37. The zero-order chi connectivity index (χ0) is 24.5. The van der Waals surface area contributed by atoms with E-state index in [9.17, 15) is 19.8 Å². The molecule has 0 spiro atoms. The van der Waals surface area contributed by atoms with Crippen molar-refractivity contribution < 1.29 is 24.5 Å². The first-order valence-corrected chi connectivity index (χ1v) is 12.3. The van der Waals surface area contributed by atoms with Crippen LogP contribution in [0.3, 0.4) is 0 Å². The number of hydrogen-bond acceptors (Lipinski definition) is 6. The summed E-state index contributed by atoms with van der Waals surface area (Å²) in [6.45, 7) is 4.39. The van der Waals surface area contributed by atoms with Crippen molar-refractivity contribution in [1.82, 2.24) is 14.8 Å². The van der Waals surface area contributed by atoms with Crippen LogP contribution in [-0.2, 0) is 4.79 Å². The largest absolute Gasteiger partial charge is 0.472 e. The second-order valence-corrected chi connectivity index (χ2v) is 10.2. The molecule has 1 aromatic heterocycles. The minimum Gasteiger partial charge on any atom is -0.472 e. The van der Waals surface area contributed by atoms with Crippen LogP contribution in [0.4, 0.5) is 0 Å². The molecule has 3 aliphatic rings. The van der Waals surface area contributed by atoms with Crippen molar-refractivity contribution in [1.29, 1.82) is 0 Å². The number of pyridine rings is 1. The predicted octanol–water partition coefficient (Wildman–Crippen LogP) is 1.83. The van der Waals surface area contributed by atoms with Crippen LogP contribution in [0.15, 0.2) is 12.3 Å². The van der Waals surface area contributed by atoms with Crippen molar-refractivity contribution in [3.63, 3.8) is 0 Å². The zero-order valence-electron chi connectivity index (χ0n) is 20.3. The molecule has 2 fully saturated rings. The van der Waals surface area contributed by atoms with Crippen LogP contribution in [0.1, 0.15) is 68.3 Å². The zero-order valence-corrected chi connectivity index (χ0v) is 20.3. The van der Waals surface area contributed by atoms with Gasteiger partial charge in [-0.05, 0) is 51.5 Å². The van der Waals surface area contributed by atoms with Crippen molar-refractivity contribution in [2.24, 2.45) is 11.8 Å². The van der Waals surface area contributed by atoms with Gasteiger partial charge in [0.2, 0.25) is 11.8 Å². The molecule has 2 N–H and O–H groups in total. The van der Waals surface area contributed by atoms with Crippen molar-refractivity contribution >= 4 is 11.8 Å². The van der Waals surface area contributed by atoms with E-state index in [0.29, 0.717) is 31.5 Å². The fourth-order valence-corrected chi connectivity index (χ4v) is 4.66. The number of carbonyl (C=O) groups excluding carboxylic acids is 2. The first-order valence-electron chi connectivity index (χ1n) is 12.3. The van der Waals surface area contributed by atoms with Crippen LogP contribution in [-0.4, -0.2) is 81.3 Å². The quantitative estimate of drug-likeness (QED) is 0.638. The van der Waals surface area contributed by atoms with E-state index in [2.05, 4.69) is 16.8 Å². The maximum atomic E-state index is 13.5. The minimum absolute atomic E-state index is 0.0848. The highest BCUT2D eigenvalue weighted by molar-refractivity contribution is 5.97. The normalized spacial score (nSPS) is 24.7. The average molecular weight is 470 g/mol. The lowest BCUT2D eigenvalue weighted by Crippen LogP contribution is -2.50. The van der Waals surface area contributed by atoms with Crippen LogP contribution in [0, 0.1) is 23.7 Å². The van der Waals surface area contributed by atoms with E-state index in [1.807, 2.05) is 6.92 Å². The lowest BCUT2D eigenvalue weighted by Gasteiger charge is -2.37. The number of likely N-dealkylation sites (N-methyl/N-ethyl adjacent to an activating group) is 1. The van der Waals surface area contributed by atoms with E-state index >= 15 is 0 Å². The number of rotatable bonds is 5. The Hall–Kier alpha value is -2.63. The average Bonchev–Trinajstić information content (AvgIpc) is 3.59. The predicted molar refractivity (Wildman–Crippen MR) is 126 cm³/mol. The molecule has 1 aliphatic heterocycles. The summed E-state index contributed by atoms with van der Waals surface area (Å²) in [5, 5.41) is 20.4. The number of amides is 2. The van der Waals surface area contributed by atoms with Crippen molar-refractivity contribution in [3.05, 3.63) is 23.4 Å². The smallest absolute Gasteiger partial charge is 0.259 e. The summed E-state index contributed by atoms with van der Waals surface area (Å²) >= 11 is 0. The molecule has 2 aliphatic carbocycles. The number of aliphatic hydroxyl groups excluding tert-OH is 1. The maximum Gasteiger partial charge on any atom is 0.259 e. The summed E-state index contributed by atoms with van der Waals surface area (Å²) in [5.74, 6) is 6.02. The van der Waals surface area contributed by atoms with Crippen molar-refractivity contribution in [2.45, 2.75) is 70.1 Å². The van der Waals surface area contributed by atoms with Gasteiger partial charge in [-0.1, -0.05) is 18.8 Å². The summed E-state index contributed by atoms with van der Waals surface area (Å²) in [6.07, 6.45) is 6.25. The maximum absolute atomic E-state index is 13.5. The number of carbonyl (C=O) groups is 2. The van der Waals surface area contributed by atoms with Crippen LogP contribution >= 0.6 is 0 Å². The summed E-state index contributed by atoms with van der Waals surface area (Å²) in [5.41, 5.74) is -0.182. The molecule has 1 aromatic rings. The van der Waals surface area contributed by atoms with Gasteiger partial charge in [-0.3, -0.25) is 9.59 Å². The van der Waals surface area contributed by atoms with Crippen LogP contribution in [0.25, 0.3) is 0 Å². The van der Waals surface area contributed by atoms with E-state index in [0.717, 1.165) is 25.7 Å². The van der Waals surface area contributed by atoms with E-state index in [1.165, 1.54) is 0 Å². The minimum atomic E-state index is -0.985. The van der Waals surface area contributed by atoms with Crippen LogP contribution < -0.4 is 4.74 Å². The van der Waals surface area contributed by atoms with Gasteiger partial charge in [0.25, 0.3) is 5.91 Å². The number of fused-ring (bicyclic) bond motifs is 1. The Kier molecular flexibility index (Phi) is 7.15. The van der Waals surface area contributed by atoms with E-state index in [4.69, 9.17) is 4.74 Å². The fraction of sp³-hybridized carbons (Fsp3) is 0.654. The molecule has 184 valence electrons. The lowest BCUT2D eigenvalue weighted by atomic mass is 9.99. The van der Waals surface area contributed by atoms with Gasteiger partial charge < -0.3 is 24.7 Å². The van der Waals surface area contributed by atoms with E-state index in [1.54, 1.807) is 36.0 Å². The molecule has 0 bridgehead atoms. The van der Waals surface area contributed by atoms with Gasteiger partial charge in [0.05, 0.1) is 19.2 Å². The van der Waals surface area contributed by atoms with Gasteiger partial charge >= 0.3 is 0 Å². The van der Waals surface area contributed by atoms with Crippen LogP contribution in [0.5, 0.6) is 5.88 Å². The lowest BCUT2D eigenvalue weighted by molar-refractivity contribution is -0.132. The molecule has 2 saturated carbocycles. The Balaban J connectivity index is 1.64. The third-order valence-corrected chi connectivity index (χ3v) is 7.15. The molecule has 34 heavy (non-hydrogen) atoms. The fourth-order valence-electron chi connectivity index (χ4n) is 4.66. The topological polar surface area (TPSA) is 103 Å². The molecule has 0 unspecified atom stereocenters. The van der Waals surface area contributed by atoms with Gasteiger partial charge in [0.1, 0.15) is 17.3 Å². The van der Waals surface area contributed by atoms with E-state index < -0.39 is 5.60 Å². The number of nitrogens with zero attached hydrogens (tertiary/aromatic N) is 3. The Labute approximate surface area is 201 Å². The molecule has 0 radical (unpaired) electrons. The summed E-state index contributed by atoms with van der Waals surface area (Å²) < 4.78 is 6.24. The third-order valence-electron chi connectivity index (χ3n) is 7.15. The number of ether oxygens (including phenoxy) is 1. The molecule has 3 atom stereocenters. The Morgan fingerprint density at radius 3 is 2.74 bits per heavy atom. The monoisotopic (exact) mass is 469 g/mol. The van der Waals surface area contributed by atoms with Gasteiger partial charge in [0.15, 0.2) is 0 Å². The Morgan fingerprint density at radius 2 is 2.09 bits per heavy atom. The molecule has 4 rings (SSSR count). The van der Waals surface area contributed by atoms with Crippen molar-refractivity contribution in [2.75, 3.05) is 26.7 Å². The first kappa shape index (κ1) is 24.5. The number of aliphatic hydroxyl groups is 2. The van der Waals surface area contributed by atoms with Gasteiger partial charge in [-0.25, -0.2) is 4.98 Å². The SMILES string of the molecule is C[C@@H]1CN([C@H](C)CO)C(=O)c2cc(C#CC3(O)CCCC3)cnc2O[C@H]1CN(C)C(=O)C1CC1. The second kappa shape index (κ2) is 9.93. The molecule has 2 heterocycles. The first-order chi connectivity index (χ1) is 16.2. The summed E-state index contributed by atoms with van der Waals surface area (Å²) in [6, 6.07) is 1.26. The Morgan fingerprint density at radius 1 is 1.38 bits per heavy atom. The molecule has 8 heteroatoms. The van der Waals surface area contributed by atoms with E-state index in [-0.39, 0.29) is 53.8 Å². The highest BCUT2D eigenvalue weighted by Gasteiger charge is 2.37.